The summed E-state index contributed by atoms with van der Waals surface area (Å²) < 4.78 is 5.10. The number of anilines is 2. The number of ether oxygens (including phenoxy) is 1. The standard InChI is InChI=1S/C15H21N3O3/c1-21-11-6-7-12(16)13(9-11)17-14(19)10-18-8-4-2-3-5-15(18)20/h6-7,9H,2-5,8,10,16H2,1H3,(H,17,19). The molecule has 1 heterocycles. The van der Waals surface area contributed by atoms with E-state index in [9.17, 15) is 9.59 Å². The van der Waals surface area contributed by atoms with Gasteiger partial charge >= 0.3 is 0 Å². The number of likely N-dealkylation sites (tertiary alicyclic amines) is 1. The second kappa shape index (κ2) is 6.97. The second-order valence-electron chi connectivity index (χ2n) is 5.13. The van der Waals surface area contributed by atoms with Crippen LogP contribution in [0.15, 0.2) is 18.2 Å². The van der Waals surface area contributed by atoms with Crippen molar-refractivity contribution >= 4 is 23.2 Å². The zero-order valence-corrected chi connectivity index (χ0v) is 12.2. The van der Waals surface area contributed by atoms with Gasteiger partial charge in [-0.25, -0.2) is 0 Å². The number of nitrogen functional groups attached to an aromatic ring is 1. The number of nitrogens with one attached hydrogen (secondary N) is 1. The largest absolute Gasteiger partial charge is 0.497 e. The van der Waals surface area contributed by atoms with Crippen LogP contribution < -0.4 is 15.8 Å². The van der Waals surface area contributed by atoms with Gasteiger partial charge in [0.15, 0.2) is 0 Å². The number of amides is 2. The molecule has 3 N–H and O–H groups in total. The molecular weight excluding hydrogens is 270 g/mol. The van der Waals surface area contributed by atoms with E-state index < -0.39 is 0 Å². The van der Waals surface area contributed by atoms with Crippen molar-refractivity contribution in [2.45, 2.75) is 25.7 Å². The van der Waals surface area contributed by atoms with Crippen molar-refractivity contribution in [3.05, 3.63) is 18.2 Å². The van der Waals surface area contributed by atoms with Crippen LogP contribution in [-0.2, 0) is 9.59 Å². The molecule has 21 heavy (non-hydrogen) atoms. The summed E-state index contributed by atoms with van der Waals surface area (Å²) >= 11 is 0. The number of nitrogens with two attached hydrogens (primary N) is 1. The van der Waals surface area contributed by atoms with Crippen LogP contribution >= 0.6 is 0 Å². The zero-order chi connectivity index (χ0) is 15.2. The number of rotatable bonds is 4. The Morgan fingerprint density at radius 3 is 2.95 bits per heavy atom. The maximum atomic E-state index is 12.1. The van der Waals surface area contributed by atoms with Gasteiger partial charge in [-0.05, 0) is 25.0 Å². The molecule has 1 aliphatic rings. The van der Waals surface area contributed by atoms with Crippen LogP contribution in [0.1, 0.15) is 25.7 Å². The number of hydrogen-bond acceptors (Lipinski definition) is 4. The maximum absolute atomic E-state index is 12.1. The number of hydrogen-bond donors (Lipinski definition) is 2. The molecule has 114 valence electrons. The van der Waals surface area contributed by atoms with E-state index in [1.165, 1.54) is 0 Å². The number of nitrogens with zero attached hydrogens (tertiary/aromatic N) is 1. The van der Waals surface area contributed by atoms with Crippen LogP contribution in [0, 0.1) is 0 Å². The molecule has 0 aliphatic carbocycles. The van der Waals surface area contributed by atoms with E-state index in [4.69, 9.17) is 10.5 Å². The quantitative estimate of drug-likeness (QED) is 0.826. The van der Waals surface area contributed by atoms with E-state index in [0.29, 0.717) is 30.1 Å². The Bertz CT molecular complexity index is 531. The van der Waals surface area contributed by atoms with Gasteiger partial charge in [-0.2, -0.15) is 0 Å². The molecule has 0 saturated carbocycles. The lowest BCUT2D eigenvalue weighted by Crippen LogP contribution is -2.37. The van der Waals surface area contributed by atoms with Crippen molar-refractivity contribution in [1.29, 1.82) is 0 Å². The van der Waals surface area contributed by atoms with E-state index >= 15 is 0 Å². The van der Waals surface area contributed by atoms with E-state index in [1.54, 1.807) is 30.2 Å². The molecule has 0 aromatic heterocycles. The average Bonchev–Trinajstić information content (AvgIpc) is 2.66. The van der Waals surface area contributed by atoms with Gasteiger partial charge in [-0.3, -0.25) is 9.59 Å². The van der Waals surface area contributed by atoms with E-state index in [-0.39, 0.29) is 18.4 Å². The molecular formula is C15H21N3O3. The van der Waals surface area contributed by atoms with Crippen LogP contribution in [0.2, 0.25) is 0 Å². The Labute approximate surface area is 124 Å². The first kappa shape index (κ1) is 15.2. The normalized spacial score (nSPS) is 15.5. The Hall–Kier alpha value is -2.24. The second-order valence-corrected chi connectivity index (χ2v) is 5.13. The Morgan fingerprint density at radius 1 is 1.38 bits per heavy atom. The van der Waals surface area contributed by atoms with Gasteiger partial charge in [-0.15, -0.1) is 0 Å². The summed E-state index contributed by atoms with van der Waals surface area (Å²) in [6, 6.07) is 5.06. The highest BCUT2D eigenvalue weighted by Gasteiger charge is 2.19. The van der Waals surface area contributed by atoms with Gasteiger partial charge in [0, 0.05) is 19.0 Å². The van der Waals surface area contributed by atoms with Gasteiger partial charge in [0.25, 0.3) is 0 Å². The minimum atomic E-state index is -0.245. The highest BCUT2D eigenvalue weighted by molar-refractivity contribution is 5.97. The van der Waals surface area contributed by atoms with Crippen molar-refractivity contribution in [3.63, 3.8) is 0 Å². The van der Waals surface area contributed by atoms with Crippen molar-refractivity contribution in [2.75, 3.05) is 31.2 Å². The molecule has 1 fully saturated rings. The van der Waals surface area contributed by atoms with Crippen LogP contribution in [0.3, 0.4) is 0 Å². The van der Waals surface area contributed by atoms with Gasteiger partial charge in [0.1, 0.15) is 5.75 Å². The zero-order valence-electron chi connectivity index (χ0n) is 12.2. The van der Waals surface area contributed by atoms with E-state index in [0.717, 1.165) is 19.3 Å². The van der Waals surface area contributed by atoms with Gasteiger partial charge in [0.2, 0.25) is 11.8 Å². The monoisotopic (exact) mass is 291 g/mol. The fourth-order valence-corrected chi connectivity index (χ4v) is 2.34. The SMILES string of the molecule is COc1ccc(N)c(NC(=O)CN2CCCCCC2=O)c1. The highest BCUT2D eigenvalue weighted by atomic mass is 16.5. The minimum Gasteiger partial charge on any atom is -0.497 e. The lowest BCUT2D eigenvalue weighted by atomic mass is 10.2. The third-order valence-corrected chi connectivity index (χ3v) is 3.54. The van der Waals surface area contributed by atoms with Gasteiger partial charge in [0.05, 0.1) is 25.0 Å². The molecule has 1 saturated heterocycles. The average molecular weight is 291 g/mol. The smallest absolute Gasteiger partial charge is 0.244 e. The highest BCUT2D eigenvalue weighted by Crippen LogP contribution is 2.24. The summed E-state index contributed by atoms with van der Waals surface area (Å²) in [5.41, 5.74) is 6.79. The fraction of sp³-hybridized carbons (Fsp3) is 0.467. The number of carbonyl (C=O) groups excluding carboxylic acids is 2. The maximum Gasteiger partial charge on any atom is 0.244 e. The van der Waals surface area contributed by atoms with Gasteiger partial charge in [-0.1, -0.05) is 6.42 Å². The molecule has 1 aliphatic heterocycles. The van der Waals surface area contributed by atoms with Crippen molar-refractivity contribution in [3.8, 4) is 5.75 Å². The van der Waals surface area contributed by atoms with E-state index in [2.05, 4.69) is 5.32 Å². The molecule has 2 rings (SSSR count). The molecule has 1 aromatic carbocycles. The predicted octanol–water partition coefficient (Wildman–Crippen LogP) is 1.62. The minimum absolute atomic E-state index is 0.0428. The lowest BCUT2D eigenvalue weighted by Gasteiger charge is -2.20. The third-order valence-electron chi connectivity index (χ3n) is 3.54. The van der Waals surface area contributed by atoms with Crippen LogP contribution in [0.5, 0.6) is 5.75 Å². The fourth-order valence-electron chi connectivity index (χ4n) is 2.34. The summed E-state index contributed by atoms with van der Waals surface area (Å²) in [5.74, 6) is 0.414. The molecule has 1 aromatic rings. The molecule has 0 unspecified atom stereocenters. The third kappa shape index (κ3) is 4.11. The molecule has 6 heteroatoms. The Morgan fingerprint density at radius 2 is 2.19 bits per heavy atom. The molecule has 0 spiro atoms. The number of benzene rings is 1. The van der Waals surface area contributed by atoms with Crippen molar-refractivity contribution in [1.82, 2.24) is 4.90 Å². The first-order valence-electron chi connectivity index (χ1n) is 7.11. The van der Waals surface area contributed by atoms with Crippen molar-refractivity contribution in [2.24, 2.45) is 0 Å². The van der Waals surface area contributed by atoms with Gasteiger partial charge < -0.3 is 20.7 Å². The van der Waals surface area contributed by atoms with Crippen LogP contribution in [-0.4, -0.2) is 36.9 Å². The van der Waals surface area contributed by atoms with E-state index in [1.807, 2.05) is 0 Å². The summed E-state index contributed by atoms with van der Waals surface area (Å²) in [6.45, 7) is 0.704. The van der Waals surface area contributed by atoms with Crippen molar-refractivity contribution < 1.29 is 14.3 Å². The molecule has 2 amide bonds. The molecule has 6 nitrogen and oxygen atoms in total. The molecule has 0 bridgehead atoms. The lowest BCUT2D eigenvalue weighted by molar-refractivity contribution is -0.134. The number of carbonyl (C=O) groups is 2. The Kier molecular flexibility index (Phi) is 5.03. The first-order chi connectivity index (χ1) is 10.1. The summed E-state index contributed by atoms with van der Waals surface area (Å²) in [6.07, 6.45) is 3.40. The summed E-state index contributed by atoms with van der Waals surface area (Å²) in [5, 5.41) is 2.74. The predicted molar refractivity (Wildman–Crippen MR) is 81.1 cm³/mol. The topological polar surface area (TPSA) is 84.7 Å². The molecule has 0 radical (unpaired) electrons. The molecule has 0 atom stereocenters. The Balaban J connectivity index is 1.99. The first-order valence-corrected chi connectivity index (χ1v) is 7.11. The van der Waals surface area contributed by atoms with Crippen LogP contribution in [0.4, 0.5) is 11.4 Å². The number of methoxy groups -OCH3 is 1. The van der Waals surface area contributed by atoms with Crippen LogP contribution in [0.25, 0.3) is 0 Å². The summed E-state index contributed by atoms with van der Waals surface area (Å²) in [4.78, 5) is 25.6. The summed E-state index contributed by atoms with van der Waals surface area (Å²) in [7, 11) is 1.55.